The van der Waals surface area contributed by atoms with Crippen molar-refractivity contribution in [3.63, 3.8) is 0 Å². The van der Waals surface area contributed by atoms with E-state index < -0.39 is 0 Å². The van der Waals surface area contributed by atoms with Crippen molar-refractivity contribution in [1.82, 2.24) is 10.2 Å². The molecule has 1 N–H and O–H groups in total. The Bertz CT molecular complexity index is 869. The van der Waals surface area contributed by atoms with Gasteiger partial charge in [-0.1, -0.05) is 25.1 Å². The van der Waals surface area contributed by atoms with Gasteiger partial charge >= 0.3 is 0 Å². The van der Waals surface area contributed by atoms with E-state index in [2.05, 4.69) is 5.32 Å². The van der Waals surface area contributed by atoms with Gasteiger partial charge in [-0.15, -0.1) is 11.3 Å². The maximum atomic E-state index is 12.4. The zero-order valence-corrected chi connectivity index (χ0v) is 17.8. The van der Waals surface area contributed by atoms with Gasteiger partial charge in [0, 0.05) is 34.5 Å². The molecule has 1 saturated heterocycles. The Balaban J connectivity index is 1.63. The number of rotatable bonds is 8. The highest BCUT2D eigenvalue weighted by Crippen LogP contribution is 2.27. The predicted molar refractivity (Wildman–Crippen MR) is 117 cm³/mol. The first-order valence-electron chi connectivity index (χ1n) is 10.1. The van der Waals surface area contributed by atoms with Crippen molar-refractivity contribution in [1.29, 1.82) is 0 Å². The molecule has 5 nitrogen and oxygen atoms in total. The largest absolute Gasteiger partial charge is 0.483 e. The fraction of sp³-hybridized carbons (Fsp3) is 0.391. The summed E-state index contributed by atoms with van der Waals surface area (Å²) in [6.45, 7) is 5.71. The van der Waals surface area contributed by atoms with E-state index in [-0.39, 0.29) is 24.5 Å². The van der Waals surface area contributed by atoms with E-state index in [0.29, 0.717) is 5.75 Å². The van der Waals surface area contributed by atoms with Crippen LogP contribution in [0.2, 0.25) is 0 Å². The standard InChI is InChI=1S/C23H28N2O3S/c1-3-20(24-22(26)13-12-18-11-10-17(2)29-18)19-8-4-5-9-21(19)28-16-23(27)25-14-6-7-15-25/h4-5,8-13,20H,3,6-7,14-16H2,1-2H3,(H,24,26). The Labute approximate surface area is 176 Å². The number of thiophene rings is 1. The minimum absolute atomic E-state index is 0.0172. The number of nitrogens with one attached hydrogen (secondary N) is 1. The summed E-state index contributed by atoms with van der Waals surface area (Å²) < 4.78 is 5.85. The first-order valence-corrected chi connectivity index (χ1v) is 10.9. The number of nitrogens with zero attached hydrogens (tertiary/aromatic N) is 1. The minimum atomic E-state index is -0.185. The lowest BCUT2D eigenvalue weighted by atomic mass is 10.0. The van der Waals surface area contributed by atoms with Gasteiger partial charge in [-0.05, 0) is 50.5 Å². The van der Waals surface area contributed by atoms with Crippen LogP contribution < -0.4 is 10.1 Å². The highest BCUT2D eigenvalue weighted by atomic mass is 32.1. The zero-order valence-electron chi connectivity index (χ0n) is 17.0. The fourth-order valence-corrected chi connectivity index (χ4v) is 4.20. The molecule has 3 rings (SSSR count). The summed E-state index contributed by atoms with van der Waals surface area (Å²) >= 11 is 1.65. The van der Waals surface area contributed by atoms with E-state index in [1.807, 2.05) is 61.2 Å². The summed E-state index contributed by atoms with van der Waals surface area (Å²) in [5, 5.41) is 3.05. The molecule has 2 amide bonds. The molecule has 0 saturated carbocycles. The van der Waals surface area contributed by atoms with Crippen LogP contribution in [0.1, 0.15) is 47.5 Å². The molecule has 0 spiro atoms. The monoisotopic (exact) mass is 412 g/mol. The molecule has 0 aliphatic carbocycles. The fourth-order valence-electron chi connectivity index (χ4n) is 3.42. The van der Waals surface area contributed by atoms with Gasteiger partial charge in [-0.3, -0.25) is 9.59 Å². The summed E-state index contributed by atoms with van der Waals surface area (Å²) in [6, 6.07) is 11.4. The maximum absolute atomic E-state index is 12.4. The molecule has 1 aromatic carbocycles. The van der Waals surface area contributed by atoms with Gasteiger partial charge in [0.1, 0.15) is 5.75 Å². The Morgan fingerprint density at radius 2 is 1.97 bits per heavy atom. The van der Waals surface area contributed by atoms with Gasteiger partial charge < -0.3 is 15.0 Å². The van der Waals surface area contributed by atoms with Crippen LogP contribution in [0, 0.1) is 6.92 Å². The minimum Gasteiger partial charge on any atom is -0.483 e. The smallest absolute Gasteiger partial charge is 0.260 e. The number of para-hydroxylation sites is 1. The third kappa shape index (κ3) is 5.94. The highest BCUT2D eigenvalue weighted by Gasteiger charge is 2.20. The van der Waals surface area contributed by atoms with Crippen molar-refractivity contribution in [2.75, 3.05) is 19.7 Å². The lowest BCUT2D eigenvalue weighted by Gasteiger charge is -2.21. The van der Waals surface area contributed by atoms with Gasteiger partial charge in [0.2, 0.25) is 5.91 Å². The molecular weight excluding hydrogens is 384 g/mol. The molecule has 154 valence electrons. The third-order valence-corrected chi connectivity index (χ3v) is 5.96. The molecule has 1 atom stereocenters. The summed E-state index contributed by atoms with van der Waals surface area (Å²) in [6.07, 6.45) is 6.24. The first-order chi connectivity index (χ1) is 14.1. The van der Waals surface area contributed by atoms with Gasteiger partial charge in [-0.25, -0.2) is 0 Å². The number of carbonyl (C=O) groups is 2. The van der Waals surface area contributed by atoms with Crippen LogP contribution in [0.15, 0.2) is 42.5 Å². The van der Waals surface area contributed by atoms with Crippen molar-refractivity contribution >= 4 is 29.2 Å². The van der Waals surface area contributed by atoms with E-state index in [1.54, 1.807) is 17.4 Å². The van der Waals surface area contributed by atoms with Gasteiger partial charge in [0.25, 0.3) is 5.91 Å². The number of likely N-dealkylation sites (tertiary alicyclic amines) is 1. The van der Waals surface area contributed by atoms with E-state index in [0.717, 1.165) is 42.8 Å². The second-order valence-electron chi connectivity index (χ2n) is 7.17. The second kappa shape index (κ2) is 10.3. The van der Waals surface area contributed by atoms with E-state index in [4.69, 9.17) is 4.74 Å². The molecule has 0 radical (unpaired) electrons. The third-order valence-electron chi connectivity index (χ3n) is 4.99. The summed E-state index contributed by atoms with van der Waals surface area (Å²) in [4.78, 5) is 28.8. The van der Waals surface area contributed by atoms with Crippen LogP contribution in [0.25, 0.3) is 6.08 Å². The number of carbonyl (C=O) groups excluding carboxylic acids is 2. The second-order valence-corrected chi connectivity index (χ2v) is 8.49. The quantitative estimate of drug-likeness (QED) is 0.656. The topological polar surface area (TPSA) is 58.6 Å². The van der Waals surface area contributed by atoms with Gasteiger partial charge in [0.15, 0.2) is 6.61 Å². The predicted octanol–water partition coefficient (Wildman–Crippen LogP) is 4.34. The molecule has 29 heavy (non-hydrogen) atoms. The summed E-state index contributed by atoms with van der Waals surface area (Å²) in [5.74, 6) is 0.513. The molecule has 0 bridgehead atoms. The number of amides is 2. The first kappa shape index (κ1) is 21.1. The Kier molecular flexibility index (Phi) is 7.47. The average molecular weight is 413 g/mol. The van der Waals surface area contributed by atoms with Crippen LogP contribution in [0.5, 0.6) is 5.75 Å². The van der Waals surface area contributed by atoms with Crippen LogP contribution in [0.3, 0.4) is 0 Å². The molecule has 1 aromatic heterocycles. The summed E-state index contributed by atoms with van der Waals surface area (Å²) in [5.41, 5.74) is 0.887. The van der Waals surface area contributed by atoms with E-state index >= 15 is 0 Å². The van der Waals surface area contributed by atoms with Crippen LogP contribution in [-0.4, -0.2) is 36.4 Å². The molecule has 2 heterocycles. The normalized spacial score (nSPS) is 14.9. The van der Waals surface area contributed by atoms with Crippen molar-refractivity contribution in [2.24, 2.45) is 0 Å². The van der Waals surface area contributed by atoms with Gasteiger partial charge in [-0.2, -0.15) is 0 Å². The molecule has 2 aromatic rings. The number of aryl methyl sites for hydroxylation is 1. The molecule has 1 aliphatic heterocycles. The number of ether oxygens (including phenoxy) is 1. The number of hydrogen-bond acceptors (Lipinski definition) is 4. The molecule has 1 aliphatic rings. The van der Waals surface area contributed by atoms with Crippen molar-refractivity contribution in [3.8, 4) is 5.75 Å². The lowest BCUT2D eigenvalue weighted by molar-refractivity contribution is -0.132. The van der Waals surface area contributed by atoms with Crippen LogP contribution in [0.4, 0.5) is 0 Å². The van der Waals surface area contributed by atoms with Gasteiger partial charge in [0.05, 0.1) is 6.04 Å². The van der Waals surface area contributed by atoms with Crippen LogP contribution >= 0.6 is 11.3 Å². The van der Waals surface area contributed by atoms with Crippen molar-refractivity contribution in [2.45, 2.75) is 39.2 Å². The Morgan fingerprint density at radius 3 is 2.66 bits per heavy atom. The van der Waals surface area contributed by atoms with E-state index in [1.165, 1.54) is 4.88 Å². The molecule has 6 heteroatoms. The molecule has 1 fully saturated rings. The molecule has 1 unspecified atom stereocenters. The van der Waals surface area contributed by atoms with Crippen LogP contribution in [-0.2, 0) is 9.59 Å². The lowest BCUT2D eigenvalue weighted by Crippen LogP contribution is -2.32. The zero-order chi connectivity index (χ0) is 20.6. The van der Waals surface area contributed by atoms with Crippen molar-refractivity contribution in [3.05, 3.63) is 57.8 Å². The highest BCUT2D eigenvalue weighted by molar-refractivity contribution is 7.12. The summed E-state index contributed by atoms with van der Waals surface area (Å²) in [7, 11) is 0. The number of benzene rings is 1. The molecular formula is C23H28N2O3S. The van der Waals surface area contributed by atoms with E-state index in [9.17, 15) is 9.59 Å². The Hall–Kier alpha value is -2.60. The SMILES string of the molecule is CCC(NC(=O)C=Cc1ccc(C)s1)c1ccccc1OCC(=O)N1CCCC1. The maximum Gasteiger partial charge on any atom is 0.260 e. The van der Waals surface area contributed by atoms with Crippen molar-refractivity contribution < 1.29 is 14.3 Å². The Morgan fingerprint density at radius 1 is 1.21 bits per heavy atom. The number of hydrogen-bond donors (Lipinski definition) is 1. The average Bonchev–Trinajstić information content (AvgIpc) is 3.41.